The fourth-order valence-corrected chi connectivity index (χ4v) is 2.39. The number of hydrogen-bond donors (Lipinski definition) is 2. The van der Waals surface area contributed by atoms with Crippen molar-refractivity contribution < 1.29 is 13.6 Å². The SMILES string of the molecule is CCC1CCNC(C(=O)Nc2c(F)cccc2F)C1. The van der Waals surface area contributed by atoms with Gasteiger partial charge in [0.25, 0.3) is 0 Å². The van der Waals surface area contributed by atoms with E-state index in [1.54, 1.807) is 0 Å². The summed E-state index contributed by atoms with van der Waals surface area (Å²) >= 11 is 0. The first-order valence-electron chi connectivity index (χ1n) is 6.60. The van der Waals surface area contributed by atoms with Crippen molar-refractivity contribution in [1.29, 1.82) is 0 Å². The Morgan fingerprint density at radius 2 is 2.11 bits per heavy atom. The smallest absolute Gasteiger partial charge is 0.241 e. The molecule has 0 spiro atoms. The van der Waals surface area contributed by atoms with Crippen molar-refractivity contribution in [3.05, 3.63) is 29.8 Å². The highest BCUT2D eigenvalue weighted by atomic mass is 19.1. The Morgan fingerprint density at radius 3 is 2.74 bits per heavy atom. The molecular weight excluding hydrogens is 250 g/mol. The third-order valence-electron chi connectivity index (χ3n) is 3.62. The van der Waals surface area contributed by atoms with E-state index < -0.39 is 11.6 Å². The number of hydrogen-bond acceptors (Lipinski definition) is 2. The quantitative estimate of drug-likeness (QED) is 0.885. The van der Waals surface area contributed by atoms with Gasteiger partial charge in [-0.1, -0.05) is 19.4 Å². The molecule has 2 atom stereocenters. The maximum Gasteiger partial charge on any atom is 0.241 e. The molecule has 0 aromatic heterocycles. The van der Waals surface area contributed by atoms with Crippen molar-refractivity contribution in [2.24, 2.45) is 5.92 Å². The largest absolute Gasteiger partial charge is 0.320 e. The van der Waals surface area contributed by atoms with E-state index in [4.69, 9.17) is 0 Å². The average molecular weight is 268 g/mol. The summed E-state index contributed by atoms with van der Waals surface area (Å²) in [5.74, 6) is -1.39. The second-order valence-corrected chi connectivity index (χ2v) is 4.89. The molecule has 0 aliphatic carbocycles. The van der Waals surface area contributed by atoms with E-state index in [1.807, 2.05) is 0 Å². The standard InChI is InChI=1S/C14H18F2N2O/c1-2-9-6-7-17-12(8-9)14(19)18-13-10(15)4-3-5-11(13)16/h3-5,9,12,17H,2,6-8H2,1H3,(H,18,19). The van der Waals surface area contributed by atoms with Gasteiger partial charge in [-0.05, 0) is 37.4 Å². The molecule has 1 aliphatic heterocycles. The minimum Gasteiger partial charge on any atom is -0.320 e. The van der Waals surface area contributed by atoms with Crippen molar-refractivity contribution in [1.82, 2.24) is 5.32 Å². The van der Waals surface area contributed by atoms with Crippen LogP contribution in [0.5, 0.6) is 0 Å². The molecule has 2 N–H and O–H groups in total. The Hall–Kier alpha value is -1.49. The molecule has 1 aromatic carbocycles. The topological polar surface area (TPSA) is 41.1 Å². The molecule has 104 valence electrons. The molecule has 3 nitrogen and oxygen atoms in total. The van der Waals surface area contributed by atoms with E-state index in [2.05, 4.69) is 17.6 Å². The maximum absolute atomic E-state index is 13.4. The molecule has 0 radical (unpaired) electrons. The lowest BCUT2D eigenvalue weighted by Gasteiger charge is -2.28. The molecule has 1 fully saturated rings. The number of anilines is 1. The van der Waals surface area contributed by atoms with Crippen LogP contribution in [-0.2, 0) is 4.79 Å². The molecular formula is C14H18F2N2O. The zero-order chi connectivity index (χ0) is 13.8. The lowest BCUT2D eigenvalue weighted by Crippen LogP contribution is -2.46. The van der Waals surface area contributed by atoms with Crippen molar-refractivity contribution in [2.45, 2.75) is 32.2 Å². The van der Waals surface area contributed by atoms with E-state index in [9.17, 15) is 13.6 Å². The third-order valence-corrected chi connectivity index (χ3v) is 3.62. The van der Waals surface area contributed by atoms with Crippen LogP contribution in [0.15, 0.2) is 18.2 Å². The second kappa shape index (κ2) is 6.10. The Kier molecular flexibility index (Phi) is 4.47. The number of rotatable bonds is 3. The van der Waals surface area contributed by atoms with Crippen molar-refractivity contribution in [3.63, 3.8) is 0 Å². The summed E-state index contributed by atoms with van der Waals surface area (Å²) in [6.07, 6.45) is 2.76. The van der Waals surface area contributed by atoms with Crippen LogP contribution < -0.4 is 10.6 Å². The first-order chi connectivity index (χ1) is 9.11. The van der Waals surface area contributed by atoms with Crippen LogP contribution in [0.2, 0.25) is 0 Å². The summed E-state index contributed by atoms with van der Waals surface area (Å²) in [6, 6.07) is 3.15. The fourth-order valence-electron chi connectivity index (χ4n) is 2.39. The maximum atomic E-state index is 13.4. The highest BCUT2D eigenvalue weighted by Gasteiger charge is 2.26. The molecule has 2 unspecified atom stereocenters. The number of carbonyl (C=O) groups excluding carboxylic acids is 1. The van der Waals surface area contributed by atoms with Gasteiger partial charge in [-0.2, -0.15) is 0 Å². The predicted molar refractivity (Wildman–Crippen MR) is 69.8 cm³/mol. The summed E-state index contributed by atoms with van der Waals surface area (Å²) in [5, 5.41) is 5.43. The summed E-state index contributed by atoms with van der Waals surface area (Å²) in [6.45, 7) is 2.85. The second-order valence-electron chi connectivity index (χ2n) is 4.89. The van der Waals surface area contributed by atoms with Gasteiger partial charge in [0.15, 0.2) is 0 Å². The van der Waals surface area contributed by atoms with E-state index in [-0.39, 0.29) is 17.6 Å². The monoisotopic (exact) mass is 268 g/mol. The highest BCUT2D eigenvalue weighted by Crippen LogP contribution is 2.22. The van der Waals surface area contributed by atoms with E-state index in [0.29, 0.717) is 12.3 Å². The molecule has 1 aliphatic rings. The molecule has 1 heterocycles. The Balaban J connectivity index is 2.04. The molecule has 19 heavy (non-hydrogen) atoms. The molecule has 0 bridgehead atoms. The first kappa shape index (κ1) is 13.9. The van der Waals surface area contributed by atoms with Crippen LogP contribution in [0.3, 0.4) is 0 Å². The number of halogens is 2. The van der Waals surface area contributed by atoms with Crippen LogP contribution in [-0.4, -0.2) is 18.5 Å². The van der Waals surface area contributed by atoms with Gasteiger partial charge in [-0.15, -0.1) is 0 Å². The lowest BCUT2D eigenvalue weighted by molar-refractivity contribution is -0.119. The summed E-state index contributed by atoms with van der Waals surface area (Å²) in [7, 11) is 0. The zero-order valence-corrected chi connectivity index (χ0v) is 10.9. The van der Waals surface area contributed by atoms with Gasteiger partial charge in [0.1, 0.15) is 17.3 Å². The molecule has 5 heteroatoms. The number of nitrogens with one attached hydrogen (secondary N) is 2. The Bertz CT molecular complexity index is 445. The van der Waals surface area contributed by atoms with Gasteiger partial charge in [-0.25, -0.2) is 8.78 Å². The molecule has 1 saturated heterocycles. The van der Waals surface area contributed by atoms with Gasteiger partial charge in [-0.3, -0.25) is 4.79 Å². The first-order valence-corrected chi connectivity index (χ1v) is 6.60. The van der Waals surface area contributed by atoms with Crippen LogP contribution in [0.4, 0.5) is 14.5 Å². The lowest BCUT2D eigenvalue weighted by atomic mass is 9.90. The normalized spacial score (nSPS) is 23.1. The molecule has 1 aromatic rings. The zero-order valence-electron chi connectivity index (χ0n) is 10.9. The summed E-state index contributed by atoms with van der Waals surface area (Å²) in [5.41, 5.74) is -0.368. The van der Waals surface area contributed by atoms with Crippen LogP contribution in [0.25, 0.3) is 0 Å². The summed E-state index contributed by atoms with van der Waals surface area (Å²) in [4.78, 5) is 12.0. The van der Waals surface area contributed by atoms with Crippen molar-refractivity contribution >= 4 is 11.6 Å². The van der Waals surface area contributed by atoms with E-state index >= 15 is 0 Å². The Morgan fingerprint density at radius 1 is 1.42 bits per heavy atom. The number of benzene rings is 1. The molecule has 2 rings (SSSR count). The van der Waals surface area contributed by atoms with Gasteiger partial charge < -0.3 is 10.6 Å². The van der Waals surface area contributed by atoms with Crippen molar-refractivity contribution in [2.75, 3.05) is 11.9 Å². The third kappa shape index (κ3) is 3.29. The highest BCUT2D eigenvalue weighted by molar-refractivity contribution is 5.95. The number of para-hydroxylation sites is 1. The minimum absolute atomic E-state index is 0.368. The molecule has 1 amide bonds. The number of amides is 1. The van der Waals surface area contributed by atoms with Crippen LogP contribution in [0.1, 0.15) is 26.2 Å². The van der Waals surface area contributed by atoms with Gasteiger partial charge in [0.2, 0.25) is 5.91 Å². The average Bonchev–Trinajstić information content (AvgIpc) is 2.43. The Labute approximate surface area is 111 Å². The van der Waals surface area contributed by atoms with E-state index in [1.165, 1.54) is 6.07 Å². The van der Waals surface area contributed by atoms with Crippen LogP contribution >= 0.6 is 0 Å². The van der Waals surface area contributed by atoms with Gasteiger partial charge >= 0.3 is 0 Å². The van der Waals surface area contributed by atoms with Crippen LogP contribution in [0, 0.1) is 17.6 Å². The number of carbonyl (C=O) groups is 1. The predicted octanol–water partition coefficient (Wildman–Crippen LogP) is 2.68. The van der Waals surface area contributed by atoms with E-state index in [0.717, 1.165) is 31.5 Å². The summed E-state index contributed by atoms with van der Waals surface area (Å²) < 4.78 is 26.9. The fraction of sp³-hybridized carbons (Fsp3) is 0.500. The van der Waals surface area contributed by atoms with Crippen molar-refractivity contribution in [3.8, 4) is 0 Å². The van der Waals surface area contributed by atoms with Gasteiger partial charge in [0.05, 0.1) is 6.04 Å². The minimum atomic E-state index is -0.754. The number of piperidine rings is 1. The van der Waals surface area contributed by atoms with Gasteiger partial charge in [0, 0.05) is 0 Å². The molecule has 0 saturated carbocycles.